The number of halogens is 1. The van der Waals surface area contributed by atoms with Gasteiger partial charge < -0.3 is 11.1 Å². The first kappa shape index (κ1) is 16.3. The zero-order chi connectivity index (χ0) is 14.2. The summed E-state index contributed by atoms with van der Waals surface area (Å²) in [6.07, 6.45) is 7.63. The molecule has 3 rings (SSSR count). The first-order valence-corrected chi connectivity index (χ1v) is 7.78. The summed E-state index contributed by atoms with van der Waals surface area (Å²) < 4.78 is 0. The molecule has 1 aromatic rings. The lowest BCUT2D eigenvalue weighted by molar-refractivity contribution is -0.122. The zero-order valence-electron chi connectivity index (χ0n) is 12.7. The van der Waals surface area contributed by atoms with Gasteiger partial charge in [0.15, 0.2) is 0 Å². The number of anilines is 1. The summed E-state index contributed by atoms with van der Waals surface area (Å²) in [6, 6.07) is 6.32. The summed E-state index contributed by atoms with van der Waals surface area (Å²) in [7, 11) is 0. The summed E-state index contributed by atoms with van der Waals surface area (Å²) in [4.78, 5) is 12.5. The summed E-state index contributed by atoms with van der Waals surface area (Å²) in [5.74, 6) is 0.0251. The van der Waals surface area contributed by atoms with Crippen LogP contribution in [0.1, 0.15) is 50.2 Å². The summed E-state index contributed by atoms with van der Waals surface area (Å²) in [5, 5.41) is 3.08. The molecule has 1 amide bonds. The number of benzene rings is 1. The molecule has 1 saturated carbocycles. The van der Waals surface area contributed by atoms with E-state index in [1.807, 2.05) is 13.0 Å². The minimum Gasteiger partial charge on any atom is -0.326 e. The number of amides is 1. The third-order valence-corrected chi connectivity index (χ3v) is 4.94. The number of nitrogens with one attached hydrogen (secondary N) is 1. The molecule has 3 N–H and O–H groups in total. The van der Waals surface area contributed by atoms with Crippen LogP contribution >= 0.6 is 12.4 Å². The average molecular weight is 309 g/mol. The van der Waals surface area contributed by atoms with Crippen LogP contribution in [0.15, 0.2) is 18.2 Å². The monoisotopic (exact) mass is 308 g/mol. The number of carbonyl (C=O) groups is 1. The molecule has 2 aliphatic carbocycles. The van der Waals surface area contributed by atoms with Crippen LogP contribution in [0.25, 0.3) is 0 Å². The SMILES string of the molecule is CC1(N)CCCCC1C(=O)Nc1ccc2c(c1)CCC2.Cl. The van der Waals surface area contributed by atoms with Gasteiger partial charge in [0.05, 0.1) is 5.92 Å². The number of aryl methyl sites for hydroxylation is 2. The van der Waals surface area contributed by atoms with Crippen LogP contribution in [0, 0.1) is 5.92 Å². The number of hydrogen-bond acceptors (Lipinski definition) is 2. The van der Waals surface area contributed by atoms with Crippen LogP contribution in [0.3, 0.4) is 0 Å². The number of fused-ring (bicyclic) bond motifs is 1. The zero-order valence-corrected chi connectivity index (χ0v) is 13.5. The predicted molar refractivity (Wildman–Crippen MR) is 88.9 cm³/mol. The van der Waals surface area contributed by atoms with Crippen molar-refractivity contribution in [3.05, 3.63) is 29.3 Å². The molecular formula is C17H25ClN2O. The Kier molecular flexibility index (Phi) is 4.95. The smallest absolute Gasteiger partial charge is 0.229 e. The van der Waals surface area contributed by atoms with Crippen molar-refractivity contribution in [1.82, 2.24) is 0 Å². The van der Waals surface area contributed by atoms with E-state index in [0.717, 1.165) is 37.8 Å². The van der Waals surface area contributed by atoms with Gasteiger partial charge in [0, 0.05) is 11.2 Å². The molecule has 2 unspecified atom stereocenters. The van der Waals surface area contributed by atoms with Crippen LogP contribution in [0.5, 0.6) is 0 Å². The molecule has 116 valence electrons. The fourth-order valence-corrected chi connectivity index (χ4v) is 3.67. The van der Waals surface area contributed by atoms with Crippen molar-refractivity contribution < 1.29 is 4.79 Å². The molecule has 4 heteroatoms. The molecule has 0 spiro atoms. The molecule has 1 aromatic carbocycles. The Morgan fingerprint density at radius 2 is 2.00 bits per heavy atom. The topological polar surface area (TPSA) is 55.1 Å². The average Bonchev–Trinajstić information content (AvgIpc) is 2.85. The number of hydrogen-bond donors (Lipinski definition) is 2. The van der Waals surface area contributed by atoms with E-state index in [1.54, 1.807) is 0 Å². The van der Waals surface area contributed by atoms with Crippen LogP contribution in [0.2, 0.25) is 0 Å². The second kappa shape index (κ2) is 6.37. The molecule has 0 saturated heterocycles. The van der Waals surface area contributed by atoms with Gasteiger partial charge in [-0.1, -0.05) is 18.9 Å². The number of rotatable bonds is 2. The minimum atomic E-state index is -0.362. The lowest BCUT2D eigenvalue weighted by atomic mass is 9.74. The predicted octanol–water partition coefficient (Wildman–Crippen LogP) is 3.44. The Bertz CT molecular complexity index is 528. The Balaban J connectivity index is 0.00000161. The molecule has 2 atom stereocenters. The Morgan fingerprint density at radius 3 is 2.76 bits per heavy atom. The Labute approximate surface area is 133 Å². The van der Waals surface area contributed by atoms with Gasteiger partial charge in [-0.3, -0.25) is 4.79 Å². The highest BCUT2D eigenvalue weighted by Gasteiger charge is 2.37. The second-order valence-corrected chi connectivity index (χ2v) is 6.63. The molecular weight excluding hydrogens is 284 g/mol. The van der Waals surface area contributed by atoms with E-state index in [9.17, 15) is 4.79 Å². The van der Waals surface area contributed by atoms with Gasteiger partial charge in [0.1, 0.15) is 0 Å². The highest BCUT2D eigenvalue weighted by molar-refractivity contribution is 5.93. The molecule has 0 heterocycles. The summed E-state index contributed by atoms with van der Waals surface area (Å²) in [5.41, 5.74) is 9.70. The maximum Gasteiger partial charge on any atom is 0.229 e. The van der Waals surface area contributed by atoms with E-state index in [-0.39, 0.29) is 29.8 Å². The van der Waals surface area contributed by atoms with Crippen molar-refractivity contribution in [1.29, 1.82) is 0 Å². The van der Waals surface area contributed by atoms with Gasteiger partial charge in [0.2, 0.25) is 5.91 Å². The molecule has 0 radical (unpaired) electrons. The number of nitrogens with two attached hydrogens (primary N) is 1. The third-order valence-electron chi connectivity index (χ3n) is 4.94. The molecule has 1 fully saturated rings. The van der Waals surface area contributed by atoms with Gasteiger partial charge in [-0.05, 0) is 62.3 Å². The maximum atomic E-state index is 12.5. The van der Waals surface area contributed by atoms with E-state index in [0.29, 0.717) is 0 Å². The molecule has 2 aliphatic rings. The quantitative estimate of drug-likeness (QED) is 0.879. The minimum absolute atomic E-state index is 0. The summed E-state index contributed by atoms with van der Waals surface area (Å²) in [6.45, 7) is 2.01. The van der Waals surface area contributed by atoms with Crippen molar-refractivity contribution in [3.8, 4) is 0 Å². The molecule has 21 heavy (non-hydrogen) atoms. The highest BCUT2D eigenvalue weighted by atomic mass is 35.5. The highest BCUT2D eigenvalue weighted by Crippen LogP contribution is 2.33. The van der Waals surface area contributed by atoms with Crippen LogP contribution < -0.4 is 11.1 Å². The third kappa shape index (κ3) is 3.41. The molecule has 0 aliphatic heterocycles. The van der Waals surface area contributed by atoms with E-state index >= 15 is 0 Å². The molecule has 0 aromatic heterocycles. The van der Waals surface area contributed by atoms with Crippen molar-refractivity contribution in [2.24, 2.45) is 11.7 Å². The standard InChI is InChI=1S/C17H24N2O.ClH/c1-17(18)10-3-2-7-15(17)16(20)19-14-9-8-12-5-4-6-13(12)11-14;/h8-9,11,15H,2-7,10,18H2,1H3,(H,19,20);1H. The van der Waals surface area contributed by atoms with Gasteiger partial charge in [-0.15, -0.1) is 12.4 Å². The van der Waals surface area contributed by atoms with Crippen LogP contribution in [-0.2, 0) is 17.6 Å². The second-order valence-electron chi connectivity index (χ2n) is 6.63. The van der Waals surface area contributed by atoms with E-state index < -0.39 is 0 Å². The fraction of sp³-hybridized carbons (Fsp3) is 0.588. The van der Waals surface area contributed by atoms with Crippen LogP contribution in [-0.4, -0.2) is 11.4 Å². The summed E-state index contributed by atoms with van der Waals surface area (Å²) >= 11 is 0. The van der Waals surface area contributed by atoms with Gasteiger partial charge in [-0.2, -0.15) is 0 Å². The van der Waals surface area contributed by atoms with E-state index in [2.05, 4.69) is 17.4 Å². The Morgan fingerprint density at radius 1 is 1.24 bits per heavy atom. The van der Waals surface area contributed by atoms with Gasteiger partial charge in [0.25, 0.3) is 0 Å². The lowest BCUT2D eigenvalue weighted by Gasteiger charge is -2.37. The normalized spacial score (nSPS) is 27.6. The van der Waals surface area contributed by atoms with Crippen molar-refractivity contribution in [2.75, 3.05) is 5.32 Å². The molecule has 3 nitrogen and oxygen atoms in total. The molecule has 0 bridgehead atoms. The van der Waals surface area contributed by atoms with Crippen LogP contribution in [0.4, 0.5) is 5.69 Å². The van der Waals surface area contributed by atoms with Crippen molar-refractivity contribution in [3.63, 3.8) is 0 Å². The first-order chi connectivity index (χ1) is 9.56. The van der Waals surface area contributed by atoms with Gasteiger partial charge >= 0.3 is 0 Å². The first-order valence-electron chi connectivity index (χ1n) is 7.78. The lowest BCUT2D eigenvalue weighted by Crippen LogP contribution is -2.51. The van der Waals surface area contributed by atoms with Crippen molar-refractivity contribution >= 4 is 24.0 Å². The van der Waals surface area contributed by atoms with E-state index in [1.165, 1.54) is 24.0 Å². The largest absolute Gasteiger partial charge is 0.326 e. The van der Waals surface area contributed by atoms with E-state index in [4.69, 9.17) is 5.73 Å². The number of carbonyl (C=O) groups excluding carboxylic acids is 1. The maximum absolute atomic E-state index is 12.5. The van der Waals surface area contributed by atoms with Gasteiger partial charge in [-0.25, -0.2) is 0 Å². The Hall–Kier alpha value is -1.06. The fourth-order valence-electron chi connectivity index (χ4n) is 3.67. The van der Waals surface area contributed by atoms with Crippen molar-refractivity contribution in [2.45, 2.75) is 57.4 Å².